The Kier molecular flexibility index (Phi) is 7.29. The highest BCUT2D eigenvalue weighted by atomic mass is 35.5. The standard InChI is InChI=1S/C21H26ClN3O3S/c1-24(29(27,28)19-11-9-18(22)10-12-19)16-21(26)23-15-20(25-13-5-6-14-25)17-7-3-2-4-8-17/h2-4,7-12,20H,5-6,13-16H2,1H3,(H,23,26)/t20-/m0/s1. The number of nitrogens with one attached hydrogen (secondary N) is 1. The summed E-state index contributed by atoms with van der Waals surface area (Å²) in [6.45, 7) is 2.20. The molecule has 156 valence electrons. The third kappa shape index (κ3) is 5.57. The maximum atomic E-state index is 12.6. The molecule has 1 amide bonds. The molecule has 29 heavy (non-hydrogen) atoms. The van der Waals surface area contributed by atoms with Crippen molar-refractivity contribution in [1.29, 1.82) is 0 Å². The number of likely N-dealkylation sites (tertiary alicyclic amines) is 1. The molecule has 1 saturated heterocycles. The van der Waals surface area contributed by atoms with E-state index in [1.165, 1.54) is 31.3 Å². The van der Waals surface area contributed by atoms with E-state index in [2.05, 4.69) is 22.3 Å². The van der Waals surface area contributed by atoms with E-state index in [1.807, 2.05) is 18.2 Å². The molecule has 8 heteroatoms. The molecule has 0 aromatic heterocycles. The third-order valence-electron chi connectivity index (χ3n) is 5.15. The molecule has 1 atom stereocenters. The lowest BCUT2D eigenvalue weighted by molar-refractivity contribution is -0.121. The molecule has 6 nitrogen and oxygen atoms in total. The summed E-state index contributed by atoms with van der Waals surface area (Å²) in [6, 6.07) is 16.1. The van der Waals surface area contributed by atoms with Gasteiger partial charge in [0.2, 0.25) is 15.9 Å². The summed E-state index contributed by atoms with van der Waals surface area (Å²) in [5.74, 6) is -0.329. The number of hydrogen-bond donors (Lipinski definition) is 1. The van der Waals surface area contributed by atoms with Gasteiger partial charge in [-0.25, -0.2) is 8.42 Å². The predicted molar refractivity (Wildman–Crippen MR) is 114 cm³/mol. The van der Waals surface area contributed by atoms with Crippen molar-refractivity contribution in [3.8, 4) is 0 Å². The number of nitrogens with zero attached hydrogens (tertiary/aromatic N) is 2. The maximum absolute atomic E-state index is 12.6. The Morgan fingerprint density at radius 3 is 2.34 bits per heavy atom. The van der Waals surface area contributed by atoms with Crippen LogP contribution in [-0.4, -0.2) is 56.8 Å². The van der Waals surface area contributed by atoms with Gasteiger partial charge in [-0.15, -0.1) is 0 Å². The quantitative estimate of drug-likeness (QED) is 0.692. The molecule has 1 fully saturated rings. The van der Waals surface area contributed by atoms with Gasteiger partial charge in [0.25, 0.3) is 0 Å². The maximum Gasteiger partial charge on any atom is 0.243 e. The molecular weight excluding hydrogens is 410 g/mol. The molecule has 1 aliphatic rings. The van der Waals surface area contributed by atoms with Gasteiger partial charge < -0.3 is 5.32 Å². The van der Waals surface area contributed by atoms with Crippen LogP contribution in [-0.2, 0) is 14.8 Å². The summed E-state index contributed by atoms with van der Waals surface area (Å²) in [5.41, 5.74) is 1.15. The van der Waals surface area contributed by atoms with Crippen LogP contribution in [0.3, 0.4) is 0 Å². The van der Waals surface area contributed by atoms with Crippen LogP contribution in [0.5, 0.6) is 0 Å². The molecular formula is C21H26ClN3O3S. The molecule has 0 saturated carbocycles. The molecule has 0 aliphatic carbocycles. The van der Waals surface area contributed by atoms with E-state index in [9.17, 15) is 13.2 Å². The lowest BCUT2D eigenvalue weighted by Crippen LogP contribution is -2.42. The third-order valence-corrected chi connectivity index (χ3v) is 7.22. The van der Waals surface area contributed by atoms with Gasteiger partial charge in [0, 0.05) is 18.6 Å². The predicted octanol–water partition coefficient (Wildman–Crippen LogP) is 2.91. The van der Waals surface area contributed by atoms with Crippen LogP contribution in [0.1, 0.15) is 24.4 Å². The fourth-order valence-corrected chi connectivity index (χ4v) is 4.78. The minimum atomic E-state index is -3.75. The van der Waals surface area contributed by atoms with E-state index < -0.39 is 10.0 Å². The van der Waals surface area contributed by atoms with Gasteiger partial charge >= 0.3 is 0 Å². The number of benzene rings is 2. The number of likely N-dealkylation sites (N-methyl/N-ethyl adjacent to an activating group) is 1. The van der Waals surface area contributed by atoms with Crippen LogP contribution in [0.25, 0.3) is 0 Å². The van der Waals surface area contributed by atoms with E-state index in [4.69, 9.17) is 11.6 Å². The summed E-state index contributed by atoms with van der Waals surface area (Å²) >= 11 is 5.82. The Hall–Kier alpha value is -1.93. The summed E-state index contributed by atoms with van der Waals surface area (Å²) in [6.07, 6.45) is 2.30. The van der Waals surface area contributed by atoms with E-state index in [-0.39, 0.29) is 23.4 Å². The zero-order chi connectivity index (χ0) is 20.9. The first-order valence-corrected chi connectivity index (χ1v) is 11.5. The minimum Gasteiger partial charge on any atom is -0.353 e. The molecule has 1 heterocycles. The Balaban J connectivity index is 1.62. The molecule has 0 bridgehead atoms. The summed E-state index contributed by atoms with van der Waals surface area (Å²) < 4.78 is 26.3. The van der Waals surface area contributed by atoms with E-state index in [1.54, 1.807) is 0 Å². The zero-order valence-electron chi connectivity index (χ0n) is 16.4. The van der Waals surface area contributed by atoms with Crippen LogP contribution in [0.15, 0.2) is 59.5 Å². The summed E-state index contributed by atoms with van der Waals surface area (Å²) in [7, 11) is -2.35. The van der Waals surface area contributed by atoms with E-state index >= 15 is 0 Å². The van der Waals surface area contributed by atoms with Gasteiger partial charge in [0.05, 0.1) is 17.5 Å². The summed E-state index contributed by atoms with van der Waals surface area (Å²) in [5, 5.41) is 3.37. The van der Waals surface area contributed by atoms with Crippen molar-refractivity contribution >= 4 is 27.5 Å². The highest BCUT2D eigenvalue weighted by Gasteiger charge is 2.26. The first-order chi connectivity index (χ1) is 13.9. The second-order valence-electron chi connectivity index (χ2n) is 7.19. The van der Waals surface area contributed by atoms with Gasteiger partial charge in [-0.05, 0) is 55.8 Å². The van der Waals surface area contributed by atoms with Gasteiger partial charge in [-0.3, -0.25) is 9.69 Å². The van der Waals surface area contributed by atoms with Crippen LogP contribution >= 0.6 is 11.6 Å². The number of carbonyl (C=O) groups excluding carboxylic acids is 1. The van der Waals surface area contributed by atoms with Crippen LogP contribution in [0, 0.1) is 0 Å². The average Bonchev–Trinajstić information content (AvgIpc) is 3.24. The van der Waals surface area contributed by atoms with E-state index in [0.717, 1.165) is 35.8 Å². The minimum absolute atomic E-state index is 0.0841. The van der Waals surface area contributed by atoms with E-state index in [0.29, 0.717) is 11.6 Å². The van der Waals surface area contributed by atoms with Crippen molar-refractivity contribution in [2.75, 3.05) is 33.2 Å². The highest BCUT2D eigenvalue weighted by molar-refractivity contribution is 7.89. The second kappa shape index (κ2) is 9.71. The second-order valence-corrected chi connectivity index (χ2v) is 9.67. The number of amides is 1. The topological polar surface area (TPSA) is 69.7 Å². The fraction of sp³-hybridized carbons (Fsp3) is 0.381. The van der Waals surface area contributed by atoms with Gasteiger partial charge in [-0.1, -0.05) is 41.9 Å². The van der Waals surface area contributed by atoms with Crippen LogP contribution < -0.4 is 5.32 Å². The Labute approximate surface area is 177 Å². The Morgan fingerprint density at radius 2 is 1.72 bits per heavy atom. The molecule has 1 N–H and O–H groups in total. The first-order valence-electron chi connectivity index (χ1n) is 9.65. The van der Waals surface area contributed by atoms with Crippen molar-refractivity contribution in [3.05, 3.63) is 65.2 Å². The van der Waals surface area contributed by atoms with Gasteiger partial charge in [0.15, 0.2) is 0 Å². The monoisotopic (exact) mass is 435 g/mol. The number of hydrogen-bond acceptors (Lipinski definition) is 4. The SMILES string of the molecule is CN(CC(=O)NC[C@@H](c1ccccc1)N1CCCC1)S(=O)(=O)c1ccc(Cl)cc1. The first kappa shape index (κ1) is 21.8. The van der Waals surface area contributed by atoms with Crippen molar-refractivity contribution in [2.24, 2.45) is 0 Å². The van der Waals surface area contributed by atoms with Crippen molar-refractivity contribution < 1.29 is 13.2 Å². The van der Waals surface area contributed by atoms with Crippen molar-refractivity contribution in [2.45, 2.75) is 23.8 Å². The van der Waals surface area contributed by atoms with Gasteiger partial charge in [-0.2, -0.15) is 4.31 Å². The lowest BCUT2D eigenvalue weighted by atomic mass is 10.1. The Bertz CT molecular complexity index is 914. The molecule has 2 aromatic rings. The molecule has 0 spiro atoms. The Morgan fingerprint density at radius 1 is 1.10 bits per heavy atom. The normalized spacial score (nSPS) is 16.1. The van der Waals surface area contributed by atoms with Crippen molar-refractivity contribution in [3.63, 3.8) is 0 Å². The lowest BCUT2D eigenvalue weighted by Gasteiger charge is -2.28. The molecule has 3 rings (SSSR count). The van der Waals surface area contributed by atoms with Gasteiger partial charge in [0.1, 0.15) is 0 Å². The number of carbonyl (C=O) groups is 1. The molecule has 0 radical (unpaired) electrons. The van der Waals surface area contributed by atoms with Crippen molar-refractivity contribution in [1.82, 2.24) is 14.5 Å². The molecule has 1 aliphatic heterocycles. The number of sulfonamides is 1. The molecule has 0 unspecified atom stereocenters. The highest BCUT2D eigenvalue weighted by Crippen LogP contribution is 2.24. The smallest absolute Gasteiger partial charge is 0.243 e. The fourth-order valence-electron chi connectivity index (χ4n) is 3.53. The number of halogens is 1. The number of rotatable bonds is 8. The largest absolute Gasteiger partial charge is 0.353 e. The average molecular weight is 436 g/mol. The zero-order valence-corrected chi connectivity index (χ0v) is 18.0. The summed E-state index contributed by atoms with van der Waals surface area (Å²) in [4.78, 5) is 15.0. The van der Waals surface area contributed by atoms with Crippen LogP contribution in [0.2, 0.25) is 5.02 Å². The van der Waals surface area contributed by atoms with Crippen LogP contribution in [0.4, 0.5) is 0 Å². The molecule has 2 aromatic carbocycles.